The minimum Gasteiger partial charge on any atom is -0.395 e. The molecule has 1 N–H and O–H groups in total. The quantitative estimate of drug-likeness (QED) is 0.318. The Morgan fingerprint density at radius 2 is 2.44 bits per heavy atom. The summed E-state index contributed by atoms with van der Waals surface area (Å²) in [5, 5.41) is 8.53. The molecule has 0 aliphatic rings. The van der Waals surface area contributed by atoms with E-state index in [4.69, 9.17) is 5.11 Å². The van der Waals surface area contributed by atoms with Crippen LogP contribution in [0.1, 0.15) is 13.3 Å². The Morgan fingerprint density at radius 1 is 1.89 bits per heavy atom. The van der Waals surface area contributed by atoms with Crippen molar-refractivity contribution in [1.82, 2.24) is 0 Å². The van der Waals surface area contributed by atoms with Crippen molar-refractivity contribution in [2.75, 3.05) is 0 Å². The van der Waals surface area contributed by atoms with E-state index in [0.29, 0.717) is 0 Å². The predicted octanol–water partition coefficient (Wildman–Crippen LogP) is -0.543. The molecule has 0 aliphatic heterocycles. The van der Waals surface area contributed by atoms with Gasteiger partial charge in [-0.2, -0.15) is 0 Å². The zero-order valence-corrected chi connectivity index (χ0v) is 5.03. The Labute approximate surface area is 52.4 Å². The fourth-order valence-electron chi connectivity index (χ4n) is 0.343. The van der Waals surface area contributed by atoms with E-state index in [1.807, 2.05) is 0 Å². The van der Waals surface area contributed by atoms with Crippen LogP contribution in [0.15, 0.2) is 0 Å². The van der Waals surface area contributed by atoms with Crippen molar-refractivity contribution >= 4 is 12.4 Å². The predicted molar refractivity (Wildman–Crippen MR) is 28.5 cm³/mol. The van der Waals surface area contributed by atoms with Crippen LogP contribution in [0, 0.1) is 0 Å². The minimum atomic E-state index is -0.752. The molecule has 0 aromatic heterocycles. The number of carbonyl (C=O) groups excluding carboxylic acids is 2. The first-order chi connectivity index (χ1) is 4.16. The van der Waals surface area contributed by atoms with Gasteiger partial charge in [0.25, 0.3) is 0 Å². The molecule has 0 rings (SSSR count). The van der Waals surface area contributed by atoms with Crippen molar-refractivity contribution in [2.45, 2.75) is 19.4 Å². The van der Waals surface area contributed by atoms with Gasteiger partial charge in [-0.25, -0.2) is 0 Å². The lowest BCUT2D eigenvalue weighted by molar-refractivity contribution is -0.152. The smallest absolute Gasteiger partial charge is 0.315 e. The Kier molecular flexibility index (Phi) is 3.62. The second kappa shape index (κ2) is 4.03. The van der Waals surface area contributed by atoms with E-state index in [1.54, 1.807) is 0 Å². The Balaban J connectivity index is 3.38. The van der Waals surface area contributed by atoms with Gasteiger partial charge < -0.3 is 9.84 Å². The van der Waals surface area contributed by atoms with Gasteiger partial charge in [0.2, 0.25) is 0 Å². The fraction of sp³-hybridized carbons (Fsp3) is 0.600. The molecule has 0 aliphatic carbocycles. The second-order valence-electron chi connectivity index (χ2n) is 1.64. The number of aliphatic hydroxyl groups is 1. The molecule has 0 bridgehead atoms. The lowest BCUT2D eigenvalue weighted by Gasteiger charge is -1.98. The molecular weight excluding hydrogens is 124 g/mol. The zero-order chi connectivity index (χ0) is 7.28. The van der Waals surface area contributed by atoms with Gasteiger partial charge in [0, 0.05) is 0 Å². The third-order valence-electron chi connectivity index (χ3n) is 0.642. The van der Waals surface area contributed by atoms with Crippen LogP contribution in [-0.2, 0) is 14.3 Å². The van der Waals surface area contributed by atoms with Crippen LogP contribution in [0.2, 0.25) is 0 Å². The lowest BCUT2D eigenvalue weighted by Crippen LogP contribution is -2.11. The molecule has 4 nitrogen and oxygen atoms in total. The van der Waals surface area contributed by atoms with Crippen LogP contribution in [-0.4, -0.2) is 23.7 Å². The number of carbonyl (C=O) groups is 2. The molecule has 0 aromatic carbocycles. The van der Waals surface area contributed by atoms with Gasteiger partial charge in [-0.15, -0.1) is 0 Å². The lowest BCUT2D eigenvalue weighted by atomic mass is 10.3. The van der Waals surface area contributed by atoms with E-state index >= 15 is 0 Å². The number of hydrogen-bond acceptors (Lipinski definition) is 4. The fourth-order valence-corrected chi connectivity index (χ4v) is 0.343. The topological polar surface area (TPSA) is 63.6 Å². The Morgan fingerprint density at radius 3 is 2.78 bits per heavy atom. The third-order valence-corrected chi connectivity index (χ3v) is 0.642. The summed E-state index contributed by atoms with van der Waals surface area (Å²) in [6, 6.07) is 0. The normalized spacial score (nSPS) is 12.2. The molecular formula is C5H8O4. The van der Waals surface area contributed by atoms with Gasteiger partial charge in [0.15, 0.2) is 0 Å². The van der Waals surface area contributed by atoms with Crippen molar-refractivity contribution in [2.24, 2.45) is 0 Å². The van der Waals surface area contributed by atoms with Crippen LogP contribution in [0.25, 0.3) is 0 Å². The van der Waals surface area contributed by atoms with E-state index < -0.39 is 12.1 Å². The summed E-state index contributed by atoms with van der Waals surface area (Å²) in [5.41, 5.74) is 0. The molecule has 9 heavy (non-hydrogen) atoms. The summed E-state index contributed by atoms with van der Waals surface area (Å²) in [7, 11) is 0. The van der Waals surface area contributed by atoms with Crippen LogP contribution in [0.3, 0.4) is 0 Å². The summed E-state index contributed by atoms with van der Waals surface area (Å²) in [5.74, 6) is -0.708. The maximum Gasteiger partial charge on any atom is 0.315 e. The third kappa shape index (κ3) is 4.96. The first kappa shape index (κ1) is 8.10. The van der Waals surface area contributed by atoms with Crippen LogP contribution in [0.4, 0.5) is 0 Å². The van der Waals surface area contributed by atoms with E-state index in [2.05, 4.69) is 4.74 Å². The monoisotopic (exact) mass is 132 g/mol. The van der Waals surface area contributed by atoms with Gasteiger partial charge in [-0.1, -0.05) is 0 Å². The summed E-state index contributed by atoms with van der Waals surface area (Å²) in [4.78, 5) is 19.7. The molecule has 1 atom stereocenters. The minimum absolute atomic E-state index is 0.0463. The van der Waals surface area contributed by atoms with Crippen LogP contribution < -0.4 is 0 Å². The molecule has 0 heterocycles. The Hall–Kier alpha value is -0.900. The zero-order valence-electron chi connectivity index (χ0n) is 5.03. The highest BCUT2D eigenvalue weighted by Crippen LogP contribution is 1.90. The van der Waals surface area contributed by atoms with Crippen LogP contribution >= 0.6 is 0 Å². The molecule has 0 saturated heterocycles. The summed E-state index contributed by atoms with van der Waals surface area (Å²) in [6.07, 6.45) is -0.893. The second-order valence-corrected chi connectivity index (χ2v) is 1.64. The number of esters is 1. The number of rotatable bonds is 3. The van der Waals surface area contributed by atoms with E-state index in [9.17, 15) is 9.59 Å². The molecule has 52 valence electrons. The summed E-state index contributed by atoms with van der Waals surface area (Å²) >= 11 is 0. The first-order valence-electron chi connectivity index (χ1n) is 2.48. The number of aliphatic hydroxyl groups excluding tert-OH is 1. The highest BCUT2D eigenvalue weighted by atomic mass is 16.6. The molecule has 0 amide bonds. The molecule has 0 radical (unpaired) electrons. The van der Waals surface area contributed by atoms with Crippen molar-refractivity contribution in [3.05, 3.63) is 0 Å². The van der Waals surface area contributed by atoms with Crippen LogP contribution in [0.5, 0.6) is 0 Å². The number of hydrogen-bond donors (Lipinski definition) is 1. The van der Waals surface area contributed by atoms with E-state index in [1.165, 1.54) is 6.92 Å². The first-order valence-corrected chi connectivity index (χ1v) is 2.48. The molecule has 0 spiro atoms. The van der Waals surface area contributed by atoms with Gasteiger partial charge >= 0.3 is 12.4 Å². The molecule has 0 fully saturated rings. The highest BCUT2D eigenvalue weighted by Gasteiger charge is 2.05. The van der Waals surface area contributed by atoms with Gasteiger partial charge in [0.05, 0.1) is 12.5 Å². The van der Waals surface area contributed by atoms with E-state index in [0.717, 1.165) is 0 Å². The van der Waals surface area contributed by atoms with Gasteiger partial charge in [-0.3, -0.25) is 9.59 Å². The molecule has 0 aromatic rings. The van der Waals surface area contributed by atoms with Crippen molar-refractivity contribution in [3.63, 3.8) is 0 Å². The van der Waals surface area contributed by atoms with Gasteiger partial charge in [0.1, 0.15) is 0 Å². The molecule has 4 heteroatoms. The standard InChI is InChI=1S/C5H8O4/c1-4(7)2-5(8)9-3-6/h3-4,7H,2H2,1H3/t4-/m0/s1. The average molecular weight is 132 g/mol. The number of ether oxygens (including phenoxy) is 1. The largest absolute Gasteiger partial charge is 0.395 e. The van der Waals surface area contributed by atoms with Crippen molar-refractivity contribution in [3.8, 4) is 0 Å². The van der Waals surface area contributed by atoms with Crippen molar-refractivity contribution in [1.29, 1.82) is 0 Å². The molecule has 0 unspecified atom stereocenters. The Bertz CT molecular complexity index is 108. The molecule has 0 saturated carbocycles. The summed E-state index contributed by atoms with van der Waals surface area (Å²) < 4.78 is 3.87. The van der Waals surface area contributed by atoms with Gasteiger partial charge in [-0.05, 0) is 6.92 Å². The maximum absolute atomic E-state index is 10.2. The highest BCUT2D eigenvalue weighted by molar-refractivity contribution is 5.76. The van der Waals surface area contributed by atoms with E-state index in [-0.39, 0.29) is 12.9 Å². The SMILES string of the molecule is C[C@H](O)CC(=O)OC=O. The summed E-state index contributed by atoms with van der Waals surface area (Å²) in [6.45, 7) is 1.48. The maximum atomic E-state index is 10.2. The van der Waals surface area contributed by atoms with Crippen molar-refractivity contribution < 1.29 is 19.4 Å². The average Bonchev–Trinajstić information content (AvgIpc) is 1.63.